The second-order valence-corrected chi connectivity index (χ2v) is 5.79. The molecule has 2 atom stereocenters. The van der Waals surface area contributed by atoms with Crippen molar-refractivity contribution in [3.63, 3.8) is 0 Å². The van der Waals surface area contributed by atoms with Gasteiger partial charge in [-0.25, -0.2) is 0 Å². The number of nitrogens with zero attached hydrogens (tertiary/aromatic N) is 1. The number of fused-ring (bicyclic) bond motifs is 1. The van der Waals surface area contributed by atoms with Crippen LogP contribution in [0.2, 0.25) is 0 Å². The van der Waals surface area contributed by atoms with Crippen molar-refractivity contribution >= 4 is 18.0 Å². The molecular formula is C16H15NOS. The highest BCUT2D eigenvalue weighted by atomic mass is 32.2. The van der Waals surface area contributed by atoms with E-state index in [-0.39, 0.29) is 11.4 Å². The predicted molar refractivity (Wildman–Crippen MR) is 78.1 cm³/mol. The predicted octanol–water partition coefficient (Wildman–Crippen LogP) is 3.66. The largest absolute Gasteiger partial charge is 0.301 e. The Morgan fingerprint density at radius 2 is 1.74 bits per heavy atom. The van der Waals surface area contributed by atoms with Gasteiger partial charge in [0.2, 0.25) is 0 Å². The normalized spacial score (nSPS) is 22.8. The van der Waals surface area contributed by atoms with Gasteiger partial charge in [0.1, 0.15) is 6.29 Å². The number of rotatable bonds is 2. The lowest BCUT2D eigenvalue weighted by Crippen LogP contribution is -2.32. The van der Waals surface area contributed by atoms with Crippen LogP contribution < -0.4 is 0 Å². The maximum Gasteiger partial charge on any atom is 0.141 e. The van der Waals surface area contributed by atoms with Crippen LogP contribution in [0.1, 0.15) is 22.5 Å². The summed E-state index contributed by atoms with van der Waals surface area (Å²) in [6, 6.07) is 18.3. The van der Waals surface area contributed by atoms with Gasteiger partial charge in [0.15, 0.2) is 0 Å². The molecule has 0 spiro atoms. The first-order chi connectivity index (χ1) is 9.31. The maximum absolute atomic E-state index is 11.5. The Labute approximate surface area is 117 Å². The lowest BCUT2D eigenvalue weighted by Gasteiger charge is -2.37. The van der Waals surface area contributed by atoms with Gasteiger partial charge in [-0.05, 0) is 24.2 Å². The maximum atomic E-state index is 11.5. The zero-order valence-corrected chi connectivity index (χ0v) is 11.5. The molecule has 2 nitrogen and oxygen atoms in total. The molecule has 1 aliphatic rings. The van der Waals surface area contributed by atoms with Gasteiger partial charge in [0.05, 0.1) is 11.4 Å². The van der Waals surface area contributed by atoms with Gasteiger partial charge in [-0.15, -0.1) is 11.8 Å². The summed E-state index contributed by atoms with van der Waals surface area (Å²) in [6.45, 7) is 0. The molecule has 19 heavy (non-hydrogen) atoms. The van der Waals surface area contributed by atoms with Gasteiger partial charge in [0.25, 0.3) is 0 Å². The summed E-state index contributed by atoms with van der Waals surface area (Å²) in [5, 5.41) is 0.186. The summed E-state index contributed by atoms with van der Waals surface area (Å²) in [5.74, 6) is 0. The second-order valence-electron chi connectivity index (χ2n) is 4.67. The third kappa shape index (κ3) is 2.20. The Kier molecular flexibility index (Phi) is 3.40. The SMILES string of the molecule is CN1C(C=O)c2ccccc2SC1c1ccccc1. The zero-order valence-electron chi connectivity index (χ0n) is 10.7. The fourth-order valence-electron chi connectivity index (χ4n) is 2.49. The highest BCUT2D eigenvalue weighted by Gasteiger charge is 2.32. The smallest absolute Gasteiger partial charge is 0.141 e. The molecule has 0 radical (unpaired) electrons. The fourth-order valence-corrected chi connectivity index (χ4v) is 3.80. The van der Waals surface area contributed by atoms with Crippen LogP contribution in [0.25, 0.3) is 0 Å². The van der Waals surface area contributed by atoms with Crippen LogP contribution in [0, 0.1) is 0 Å². The minimum absolute atomic E-state index is 0.164. The Hall–Kier alpha value is -1.58. The Morgan fingerprint density at radius 1 is 1.05 bits per heavy atom. The number of benzene rings is 2. The quantitative estimate of drug-likeness (QED) is 0.776. The van der Waals surface area contributed by atoms with Gasteiger partial charge in [-0.1, -0.05) is 48.5 Å². The number of carbonyl (C=O) groups excluding carboxylic acids is 1. The highest BCUT2D eigenvalue weighted by Crippen LogP contribution is 2.47. The van der Waals surface area contributed by atoms with Crippen molar-refractivity contribution in [3.8, 4) is 0 Å². The first-order valence-corrected chi connectivity index (χ1v) is 7.17. The molecule has 2 aromatic rings. The molecule has 0 aromatic heterocycles. The Morgan fingerprint density at radius 3 is 2.47 bits per heavy atom. The second kappa shape index (κ2) is 5.19. The number of hydrogen-bond donors (Lipinski definition) is 0. The summed E-state index contributed by atoms with van der Waals surface area (Å²) < 4.78 is 0. The van der Waals surface area contributed by atoms with Crippen molar-refractivity contribution in [2.24, 2.45) is 0 Å². The molecule has 3 rings (SSSR count). The van der Waals surface area contributed by atoms with E-state index in [0.717, 1.165) is 11.8 Å². The van der Waals surface area contributed by atoms with E-state index in [2.05, 4.69) is 23.1 Å². The van der Waals surface area contributed by atoms with E-state index >= 15 is 0 Å². The molecule has 2 aromatic carbocycles. The number of hydrogen-bond acceptors (Lipinski definition) is 3. The summed E-state index contributed by atoms with van der Waals surface area (Å²) in [5.41, 5.74) is 2.34. The van der Waals surface area contributed by atoms with E-state index in [9.17, 15) is 4.79 Å². The van der Waals surface area contributed by atoms with Crippen molar-refractivity contribution in [2.45, 2.75) is 16.3 Å². The van der Waals surface area contributed by atoms with Crippen LogP contribution >= 0.6 is 11.8 Å². The number of aldehydes is 1. The highest BCUT2D eigenvalue weighted by molar-refractivity contribution is 7.99. The minimum Gasteiger partial charge on any atom is -0.301 e. The molecule has 0 aliphatic carbocycles. The molecule has 0 bridgehead atoms. The van der Waals surface area contributed by atoms with Gasteiger partial charge in [0, 0.05) is 4.90 Å². The topological polar surface area (TPSA) is 20.3 Å². The third-order valence-corrected chi connectivity index (χ3v) is 4.95. The van der Waals surface area contributed by atoms with Crippen molar-refractivity contribution in [3.05, 3.63) is 65.7 Å². The van der Waals surface area contributed by atoms with Crippen LogP contribution in [0.3, 0.4) is 0 Å². The third-order valence-electron chi connectivity index (χ3n) is 3.50. The Balaban J connectivity index is 2.04. The van der Waals surface area contributed by atoms with E-state index in [1.807, 2.05) is 43.4 Å². The molecule has 3 heteroatoms. The number of carbonyl (C=O) groups is 1. The van der Waals surface area contributed by atoms with Crippen molar-refractivity contribution < 1.29 is 4.79 Å². The van der Waals surface area contributed by atoms with E-state index in [4.69, 9.17) is 0 Å². The monoisotopic (exact) mass is 269 g/mol. The van der Waals surface area contributed by atoms with Crippen molar-refractivity contribution in [1.82, 2.24) is 4.90 Å². The lowest BCUT2D eigenvalue weighted by molar-refractivity contribution is -0.112. The van der Waals surface area contributed by atoms with Crippen molar-refractivity contribution in [1.29, 1.82) is 0 Å². The molecule has 0 saturated carbocycles. The number of likely N-dealkylation sites (N-methyl/N-ethyl adjacent to an activating group) is 1. The van der Waals surface area contributed by atoms with Gasteiger partial charge in [-0.2, -0.15) is 0 Å². The molecule has 2 unspecified atom stereocenters. The summed E-state index contributed by atoms with van der Waals surface area (Å²) >= 11 is 1.80. The van der Waals surface area contributed by atoms with Crippen LogP contribution in [-0.4, -0.2) is 18.2 Å². The van der Waals surface area contributed by atoms with Gasteiger partial charge in [-0.3, -0.25) is 4.90 Å². The van der Waals surface area contributed by atoms with Crippen LogP contribution in [-0.2, 0) is 4.79 Å². The lowest BCUT2D eigenvalue weighted by atomic mass is 10.1. The van der Waals surface area contributed by atoms with Gasteiger partial charge < -0.3 is 4.79 Å². The molecule has 1 aliphatic heterocycles. The Bertz CT molecular complexity index is 584. The van der Waals surface area contributed by atoms with Crippen LogP contribution in [0.15, 0.2) is 59.5 Å². The average molecular weight is 269 g/mol. The first-order valence-electron chi connectivity index (χ1n) is 6.29. The van der Waals surface area contributed by atoms with Crippen LogP contribution in [0.5, 0.6) is 0 Å². The summed E-state index contributed by atoms with van der Waals surface area (Å²) in [4.78, 5) is 14.8. The van der Waals surface area contributed by atoms with Crippen molar-refractivity contribution in [2.75, 3.05) is 7.05 Å². The summed E-state index contributed by atoms with van der Waals surface area (Å²) in [7, 11) is 2.01. The minimum atomic E-state index is -0.164. The van der Waals surface area contributed by atoms with E-state index in [1.165, 1.54) is 10.5 Å². The zero-order chi connectivity index (χ0) is 13.2. The van der Waals surface area contributed by atoms with Crippen LogP contribution in [0.4, 0.5) is 0 Å². The first kappa shape index (κ1) is 12.5. The average Bonchev–Trinajstić information content (AvgIpc) is 2.47. The molecular weight excluding hydrogens is 254 g/mol. The van der Waals surface area contributed by atoms with Gasteiger partial charge >= 0.3 is 0 Å². The summed E-state index contributed by atoms with van der Waals surface area (Å²) in [6.07, 6.45) is 1.04. The molecule has 0 amide bonds. The molecule has 1 heterocycles. The fraction of sp³-hybridized carbons (Fsp3) is 0.188. The standard InChI is InChI=1S/C16H15NOS/c1-17-14(11-18)13-9-5-6-10-15(13)19-16(17)12-7-3-2-4-8-12/h2-11,14,16H,1H3. The van der Waals surface area contributed by atoms with E-state index in [0.29, 0.717) is 0 Å². The van der Waals surface area contributed by atoms with E-state index < -0.39 is 0 Å². The molecule has 96 valence electrons. The molecule has 0 fully saturated rings. The molecule has 0 N–H and O–H groups in total. The molecule has 0 saturated heterocycles. The number of thioether (sulfide) groups is 1. The van der Waals surface area contributed by atoms with E-state index in [1.54, 1.807) is 11.8 Å².